The second-order valence-corrected chi connectivity index (χ2v) is 7.11. The molecule has 2 rings (SSSR count). The third kappa shape index (κ3) is 3.63. The topological polar surface area (TPSA) is 3.24 Å². The van der Waals surface area contributed by atoms with Gasteiger partial charge in [-0.3, -0.25) is 0 Å². The number of hydrogen-bond donors (Lipinski definition) is 0. The van der Waals surface area contributed by atoms with Crippen molar-refractivity contribution in [2.24, 2.45) is 11.8 Å². The number of benzene rings is 1. The zero-order chi connectivity index (χ0) is 15.6. The molecule has 1 aromatic carbocycles. The van der Waals surface area contributed by atoms with Crippen molar-refractivity contribution in [2.75, 3.05) is 14.1 Å². The molecule has 1 saturated carbocycles. The van der Waals surface area contributed by atoms with Crippen molar-refractivity contribution in [2.45, 2.75) is 51.5 Å². The molecule has 1 nitrogen and oxygen atoms in total. The molecule has 0 atom stereocenters. The van der Waals surface area contributed by atoms with Crippen LogP contribution in [0.3, 0.4) is 0 Å². The maximum absolute atomic E-state index is 14.0. The van der Waals surface area contributed by atoms with Gasteiger partial charge in [0.2, 0.25) is 0 Å². The summed E-state index contributed by atoms with van der Waals surface area (Å²) in [5.41, 5.74) is 0.465. The number of likely N-dealkylation sites (N-methyl/N-ethyl adjacent to an activating group) is 1. The van der Waals surface area contributed by atoms with Crippen molar-refractivity contribution in [1.29, 1.82) is 0 Å². The van der Waals surface area contributed by atoms with Crippen LogP contribution in [-0.2, 0) is 6.42 Å². The highest BCUT2D eigenvalue weighted by atomic mass is 19.1. The van der Waals surface area contributed by atoms with Gasteiger partial charge in [0.15, 0.2) is 0 Å². The highest BCUT2D eigenvalue weighted by Crippen LogP contribution is 2.40. The third-order valence-corrected chi connectivity index (χ3v) is 5.38. The third-order valence-electron chi connectivity index (χ3n) is 5.38. The zero-order valence-electron chi connectivity index (χ0n) is 13.6. The average Bonchev–Trinajstić information content (AvgIpc) is 2.43. The number of halogens is 2. The zero-order valence-corrected chi connectivity index (χ0v) is 13.6. The molecule has 0 bridgehead atoms. The van der Waals surface area contributed by atoms with Gasteiger partial charge in [-0.2, -0.15) is 0 Å². The van der Waals surface area contributed by atoms with Crippen molar-refractivity contribution < 1.29 is 8.78 Å². The monoisotopic (exact) mass is 295 g/mol. The molecule has 1 aliphatic rings. The minimum Gasteiger partial charge on any atom is -0.303 e. The average molecular weight is 295 g/mol. The van der Waals surface area contributed by atoms with Crippen LogP contribution in [-0.4, -0.2) is 24.5 Å². The van der Waals surface area contributed by atoms with Crippen LogP contribution in [0.2, 0.25) is 0 Å². The molecule has 0 aromatic heterocycles. The van der Waals surface area contributed by atoms with Crippen LogP contribution in [0.5, 0.6) is 0 Å². The van der Waals surface area contributed by atoms with Gasteiger partial charge in [0, 0.05) is 5.54 Å². The Morgan fingerprint density at radius 2 is 1.81 bits per heavy atom. The van der Waals surface area contributed by atoms with Gasteiger partial charge in [0.1, 0.15) is 11.6 Å². The molecule has 0 heterocycles. The summed E-state index contributed by atoms with van der Waals surface area (Å²) in [5.74, 6) is 0.825. The molecule has 0 radical (unpaired) electrons. The Hall–Kier alpha value is -0.960. The summed E-state index contributed by atoms with van der Waals surface area (Å²) in [6.45, 7) is 4.55. The summed E-state index contributed by atoms with van der Waals surface area (Å²) < 4.78 is 27.4. The highest BCUT2D eigenvalue weighted by Gasteiger charge is 2.38. The van der Waals surface area contributed by atoms with Crippen LogP contribution in [0, 0.1) is 23.5 Å². The highest BCUT2D eigenvalue weighted by molar-refractivity contribution is 5.22. The number of rotatable bonds is 4. The predicted molar refractivity (Wildman–Crippen MR) is 83.3 cm³/mol. The van der Waals surface area contributed by atoms with Gasteiger partial charge in [-0.1, -0.05) is 13.8 Å². The molecule has 21 heavy (non-hydrogen) atoms. The van der Waals surface area contributed by atoms with E-state index in [2.05, 4.69) is 32.8 Å². The van der Waals surface area contributed by atoms with Crippen LogP contribution < -0.4 is 0 Å². The van der Waals surface area contributed by atoms with Crippen molar-refractivity contribution in [3.63, 3.8) is 0 Å². The number of hydrogen-bond acceptors (Lipinski definition) is 1. The fraction of sp³-hybridized carbons (Fsp3) is 0.667. The van der Waals surface area contributed by atoms with Crippen molar-refractivity contribution in [3.8, 4) is 0 Å². The Kier molecular flexibility index (Phi) is 5.03. The summed E-state index contributed by atoms with van der Waals surface area (Å²) in [6, 6.07) is 3.79. The summed E-state index contributed by atoms with van der Waals surface area (Å²) >= 11 is 0. The van der Waals surface area contributed by atoms with Crippen LogP contribution in [0.4, 0.5) is 8.78 Å². The summed E-state index contributed by atoms with van der Waals surface area (Å²) in [4.78, 5) is 2.22. The second-order valence-electron chi connectivity index (χ2n) is 7.11. The Morgan fingerprint density at radius 1 is 1.19 bits per heavy atom. The first-order chi connectivity index (χ1) is 9.84. The first kappa shape index (κ1) is 16.4. The predicted octanol–water partition coefficient (Wildman–Crippen LogP) is 4.65. The van der Waals surface area contributed by atoms with Gasteiger partial charge in [-0.05, 0) is 81.8 Å². The molecule has 0 N–H and O–H groups in total. The Labute approximate surface area is 127 Å². The van der Waals surface area contributed by atoms with E-state index < -0.39 is 0 Å². The molecule has 1 aromatic rings. The largest absolute Gasteiger partial charge is 0.303 e. The molecule has 1 fully saturated rings. The lowest BCUT2D eigenvalue weighted by Gasteiger charge is -2.46. The molecule has 1 aliphatic carbocycles. The lowest BCUT2D eigenvalue weighted by atomic mass is 9.70. The van der Waals surface area contributed by atoms with Crippen molar-refractivity contribution in [1.82, 2.24) is 4.90 Å². The lowest BCUT2D eigenvalue weighted by Crippen LogP contribution is -2.49. The number of nitrogens with zero attached hydrogens (tertiary/aromatic N) is 1. The molecule has 118 valence electrons. The second kappa shape index (κ2) is 6.43. The van der Waals surface area contributed by atoms with E-state index in [0.29, 0.717) is 17.9 Å². The van der Waals surface area contributed by atoms with Crippen LogP contribution in [0.1, 0.15) is 45.1 Å². The van der Waals surface area contributed by atoms with E-state index in [1.54, 1.807) is 0 Å². The van der Waals surface area contributed by atoms with E-state index in [1.807, 2.05) is 0 Å². The van der Waals surface area contributed by atoms with Crippen LogP contribution in [0.15, 0.2) is 18.2 Å². The fourth-order valence-electron chi connectivity index (χ4n) is 3.66. The molecular weight excluding hydrogens is 268 g/mol. The molecule has 0 aliphatic heterocycles. The summed E-state index contributed by atoms with van der Waals surface area (Å²) in [7, 11) is 4.12. The maximum atomic E-state index is 14.0. The van der Waals surface area contributed by atoms with Crippen LogP contribution >= 0.6 is 0 Å². The van der Waals surface area contributed by atoms with Crippen molar-refractivity contribution >= 4 is 0 Å². The molecule has 0 spiro atoms. The van der Waals surface area contributed by atoms with Gasteiger partial charge in [-0.25, -0.2) is 8.78 Å². The lowest BCUT2D eigenvalue weighted by molar-refractivity contribution is 0.0675. The molecule has 0 unspecified atom stereocenters. The molecular formula is C18H27F2N. The van der Waals surface area contributed by atoms with Gasteiger partial charge in [-0.15, -0.1) is 0 Å². The van der Waals surface area contributed by atoms with E-state index >= 15 is 0 Å². The minimum atomic E-state index is -0.351. The maximum Gasteiger partial charge on any atom is 0.126 e. The quantitative estimate of drug-likeness (QED) is 0.781. The molecule has 0 amide bonds. The van der Waals surface area contributed by atoms with E-state index in [9.17, 15) is 8.78 Å². The van der Waals surface area contributed by atoms with Gasteiger partial charge >= 0.3 is 0 Å². The van der Waals surface area contributed by atoms with E-state index in [1.165, 1.54) is 31.0 Å². The van der Waals surface area contributed by atoms with E-state index in [0.717, 1.165) is 18.8 Å². The Balaban J connectivity index is 2.19. The van der Waals surface area contributed by atoms with Gasteiger partial charge < -0.3 is 4.90 Å². The fourth-order valence-corrected chi connectivity index (χ4v) is 3.66. The molecule has 0 saturated heterocycles. The minimum absolute atomic E-state index is 0.0416. The first-order valence-electron chi connectivity index (χ1n) is 7.95. The Bertz CT molecular complexity index is 474. The summed E-state index contributed by atoms with van der Waals surface area (Å²) in [5, 5.41) is 0. The first-order valence-corrected chi connectivity index (χ1v) is 7.95. The summed E-state index contributed by atoms with van der Waals surface area (Å²) in [6.07, 6.45) is 5.05. The SMILES string of the molecule is CC(C)C1CCC(Cc2cc(F)ccc2F)(N(C)C)CC1. The van der Waals surface area contributed by atoms with Crippen molar-refractivity contribution in [3.05, 3.63) is 35.4 Å². The normalized spacial score (nSPS) is 26.6. The van der Waals surface area contributed by atoms with E-state index in [4.69, 9.17) is 0 Å². The standard InChI is InChI=1S/C18H27F2N/c1-13(2)14-7-9-18(10-8-14,21(3)4)12-15-11-16(19)5-6-17(15)20/h5-6,11,13-14H,7-10,12H2,1-4H3. The van der Waals surface area contributed by atoms with E-state index in [-0.39, 0.29) is 17.2 Å². The Morgan fingerprint density at radius 3 is 2.33 bits per heavy atom. The smallest absolute Gasteiger partial charge is 0.126 e. The molecule has 3 heteroatoms. The van der Waals surface area contributed by atoms with Crippen LogP contribution in [0.25, 0.3) is 0 Å². The van der Waals surface area contributed by atoms with Gasteiger partial charge in [0.25, 0.3) is 0 Å². The van der Waals surface area contributed by atoms with Gasteiger partial charge in [0.05, 0.1) is 0 Å².